The van der Waals surface area contributed by atoms with Crippen LogP contribution in [0.5, 0.6) is 0 Å². The molecule has 200 valence electrons. The average Bonchev–Trinajstić information content (AvgIpc) is 3.34. The van der Waals surface area contributed by atoms with Crippen molar-refractivity contribution in [1.29, 1.82) is 0 Å². The molecule has 3 aromatic rings. The topological polar surface area (TPSA) is 70.5 Å². The van der Waals surface area contributed by atoms with E-state index in [1.807, 2.05) is 11.4 Å². The molecular weight excluding hydrogens is 526 g/mol. The van der Waals surface area contributed by atoms with Gasteiger partial charge in [-0.05, 0) is 55.9 Å². The first kappa shape index (κ1) is 26.0. The number of hydrogen-bond donors (Lipinski definition) is 1. The largest absolute Gasteiger partial charge is 0.408 e. The van der Waals surface area contributed by atoms with Crippen LogP contribution in [0.15, 0.2) is 53.5 Å². The van der Waals surface area contributed by atoms with E-state index in [4.69, 9.17) is 11.6 Å². The van der Waals surface area contributed by atoms with E-state index in [1.54, 1.807) is 12.1 Å². The van der Waals surface area contributed by atoms with Crippen molar-refractivity contribution >= 4 is 34.1 Å². The lowest BCUT2D eigenvalue weighted by molar-refractivity contribution is -0.158. The van der Waals surface area contributed by atoms with Crippen molar-refractivity contribution in [3.8, 4) is 11.4 Å². The van der Waals surface area contributed by atoms with Gasteiger partial charge in [-0.1, -0.05) is 17.7 Å². The number of carbonyl (C=O) groups is 1. The van der Waals surface area contributed by atoms with E-state index in [1.165, 1.54) is 12.1 Å². The summed E-state index contributed by atoms with van der Waals surface area (Å²) in [7, 11) is 0. The van der Waals surface area contributed by atoms with Gasteiger partial charge in [0.25, 0.3) is 5.56 Å². The summed E-state index contributed by atoms with van der Waals surface area (Å²) >= 11 is 5.94. The zero-order valence-electron chi connectivity index (χ0n) is 20.3. The Morgan fingerprint density at radius 1 is 1.21 bits per heavy atom. The van der Waals surface area contributed by atoms with E-state index in [0.717, 1.165) is 49.3 Å². The van der Waals surface area contributed by atoms with Crippen molar-refractivity contribution in [1.82, 2.24) is 19.8 Å². The third-order valence-corrected chi connectivity index (χ3v) is 7.17. The zero-order valence-corrected chi connectivity index (χ0v) is 21.1. The molecule has 38 heavy (non-hydrogen) atoms. The average molecular weight is 550 g/mol. The Hall–Kier alpha value is -3.60. The van der Waals surface area contributed by atoms with Crippen LogP contribution in [0.2, 0.25) is 5.02 Å². The van der Waals surface area contributed by atoms with Crippen molar-refractivity contribution in [3.63, 3.8) is 0 Å². The van der Waals surface area contributed by atoms with Gasteiger partial charge in [0.1, 0.15) is 24.2 Å². The third kappa shape index (κ3) is 5.07. The fourth-order valence-electron chi connectivity index (χ4n) is 4.78. The summed E-state index contributed by atoms with van der Waals surface area (Å²) in [6.07, 6.45) is 0.515. The van der Waals surface area contributed by atoms with Gasteiger partial charge in [0.2, 0.25) is 5.91 Å². The first-order valence-corrected chi connectivity index (χ1v) is 12.4. The summed E-state index contributed by atoms with van der Waals surface area (Å²) in [5.74, 6) is -1.73. The van der Waals surface area contributed by atoms with E-state index in [2.05, 4.69) is 27.1 Å². The van der Waals surface area contributed by atoms with Crippen LogP contribution in [0.1, 0.15) is 13.3 Å². The lowest BCUT2D eigenvalue weighted by atomic mass is 10.1. The molecule has 1 unspecified atom stereocenters. The molecule has 1 amide bonds. The molecule has 0 saturated carbocycles. The molecule has 7 nitrogen and oxygen atoms in total. The highest BCUT2D eigenvalue weighted by atomic mass is 35.5. The van der Waals surface area contributed by atoms with Gasteiger partial charge >= 0.3 is 6.18 Å². The van der Waals surface area contributed by atoms with Gasteiger partial charge in [0.05, 0.1) is 15.9 Å². The summed E-state index contributed by atoms with van der Waals surface area (Å²) in [4.78, 5) is 35.3. The third-order valence-electron chi connectivity index (χ3n) is 6.88. The Balaban J connectivity index is 1.56. The van der Waals surface area contributed by atoms with Crippen LogP contribution >= 0.6 is 11.6 Å². The van der Waals surface area contributed by atoms with Gasteiger partial charge < -0.3 is 15.1 Å². The summed E-state index contributed by atoms with van der Waals surface area (Å²) in [6, 6.07) is 7.15. The Bertz CT molecular complexity index is 1490. The second kappa shape index (κ2) is 9.94. The number of fused-ring (bicyclic) bond motifs is 2. The van der Waals surface area contributed by atoms with Gasteiger partial charge in [-0.3, -0.25) is 14.2 Å². The number of rotatable bonds is 5. The highest BCUT2D eigenvalue weighted by molar-refractivity contribution is 6.31. The van der Waals surface area contributed by atoms with Crippen LogP contribution in [-0.4, -0.2) is 58.3 Å². The predicted octanol–water partition coefficient (Wildman–Crippen LogP) is 4.33. The molecule has 0 aliphatic carbocycles. The molecule has 2 atom stereocenters. The van der Waals surface area contributed by atoms with E-state index in [0.29, 0.717) is 11.6 Å². The van der Waals surface area contributed by atoms with Crippen LogP contribution in [-0.2, 0) is 11.3 Å². The van der Waals surface area contributed by atoms with Crippen molar-refractivity contribution in [2.45, 2.75) is 38.1 Å². The number of nitrogens with one attached hydrogen (secondary N) is 1. The maximum atomic E-state index is 13.8. The number of aromatic nitrogens is 2. The number of anilines is 1. The first-order valence-electron chi connectivity index (χ1n) is 12.0. The lowest BCUT2D eigenvalue weighted by Gasteiger charge is -2.39. The number of nitrogens with zero attached hydrogens (tertiary/aromatic N) is 4. The van der Waals surface area contributed by atoms with Crippen LogP contribution in [0.3, 0.4) is 0 Å². The molecule has 0 spiro atoms. The zero-order chi connectivity index (χ0) is 27.2. The maximum absolute atomic E-state index is 13.8. The summed E-state index contributed by atoms with van der Waals surface area (Å²) in [5, 5.41) is 1.85. The number of benzene rings is 2. The number of halogens is 5. The summed E-state index contributed by atoms with van der Waals surface area (Å²) < 4.78 is 53.8. The SMILES string of the molecule is C[C@@H](NC(=O)Cn1c(-c2ccc(F)c(Cl)c2)nc2ccc(N3CCN4C=CCC4C3)cc2c1=O)C(F)(F)F. The lowest BCUT2D eigenvalue weighted by Crippen LogP contribution is -2.49. The summed E-state index contributed by atoms with van der Waals surface area (Å²) in [5.41, 5.74) is 0.766. The molecule has 1 fully saturated rings. The molecule has 2 aromatic carbocycles. The molecule has 1 N–H and O–H groups in total. The highest BCUT2D eigenvalue weighted by Gasteiger charge is 2.37. The summed E-state index contributed by atoms with van der Waals surface area (Å²) in [6.45, 7) is 2.44. The van der Waals surface area contributed by atoms with Crippen LogP contribution < -0.4 is 15.8 Å². The van der Waals surface area contributed by atoms with E-state index in [9.17, 15) is 27.2 Å². The minimum atomic E-state index is -4.65. The second-order valence-electron chi connectivity index (χ2n) is 9.45. The van der Waals surface area contributed by atoms with E-state index in [-0.39, 0.29) is 21.8 Å². The molecule has 2 aliphatic rings. The number of alkyl halides is 3. The van der Waals surface area contributed by atoms with Crippen molar-refractivity contribution in [2.75, 3.05) is 24.5 Å². The Morgan fingerprint density at radius 3 is 2.74 bits per heavy atom. The molecule has 0 radical (unpaired) electrons. The predicted molar refractivity (Wildman–Crippen MR) is 137 cm³/mol. The van der Waals surface area contributed by atoms with Gasteiger partial charge in [0.15, 0.2) is 0 Å². The van der Waals surface area contributed by atoms with Crippen LogP contribution in [0, 0.1) is 5.82 Å². The van der Waals surface area contributed by atoms with Crippen molar-refractivity contribution < 1.29 is 22.4 Å². The second-order valence-corrected chi connectivity index (χ2v) is 9.85. The molecular formula is C26H24ClF4N5O2. The van der Waals surface area contributed by atoms with Crippen molar-refractivity contribution in [2.24, 2.45) is 0 Å². The molecule has 3 heterocycles. The number of hydrogen-bond acceptors (Lipinski definition) is 5. The van der Waals surface area contributed by atoms with Crippen molar-refractivity contribution in [3.05, 3.63) is 69.9 Å². The van der Waals surface area contributed by atoms with E-state index >= 15 is 0 Å². The van der Waals surface area contributed by atoms with Gasteiger partial charge in [-0.25, -0.2) is 9.37 Å². The Labute approximate surface area is 220 Å². The standard InChI is InChI=1S/C26H24ClF4N5O2/c1-15(26(29,30)31)32-23(37)14-36-24(16-4-6-21(28)20(27)11-16)33-22-7-5-17(12-19(22)25(36)38)35-10-9-34-8-2-3-18(34)13-35/h2,4-8,11-12,15,18H,3,9-10,13-14H2,1H3,(H,32,37)/t15-,18?/m1/s1. The Kier molecular flexibility index (Phi) is 6.81. The molecule has 0 bridgehead atoms. The molecule has 2 aliphatic heterocycles. The fourth-order valence-corrected chi connectivity index (χ4v) is 4.96. The van der Waals surface area contributed by atoms with Gasteiger partial charge in [-0.2, -0.15) is 13.2 Å². The van der Waals surface area contributed by atoms with Crippen LogP contribution in [0.4, 0.5) is 23.2 Å². The highest BCUT2D eigenvalue weighted by Crippen LogP contribution is 2.28. The molecule has 12 heteroatoms. The molecule has 1 aromatic heterocycles. The first-order chi connectivity index (χ1) is 18.0. The maximum Gasteiger partial charge on any atom is 0.408 e. The smallest absolute Gasteiger partial charge is 0.371 e. The number of piperazine rings is 1. The van der Waals surface area contributed by atoms with Crippen LogP contribution in [0.25, 0.3) is 22.3 Å². The normalized spacial score (nSPS) is 18.1. The Morgan fingerprint density at radius 2 is 2.00 bits per heavy atom. The molecule has 5 rings (SSSR count). The van der Waals surface area contributed by atoms with E-state index < -0.39 is 36.0 Å². The van der Waals surface area contributed by atoms with Gasteiger partial charge in [0, 0.05) is 36.9 Å². The fraction of sp³-hybridized carbons (Fsp3) is 0.346. The minimum Gasteiger partial charge on any atom is -0.371 e. The number of carbonyl (C=O) groups excluding carboxylic acids is 1. The van der Waals surface area contributed by atoms with Gasteiger partial charge in [-0.15, -0.1) is 0 Å². The number of amides is 1. The quantitative estimate of drug-likeness (QED) is 0.480. The molecule has 1 saturated heterocycles. The minimum absolute atomic E-state index is 0.0161. The monoisotopic (exact) mass is 549 g/mol.